The van der Waals surface area contributed by atoms with Crippen LogP contribution in [0.15, 0.2) is 18.7 Å². The molecule has 0 aromatic carbocycles. The molecule has 9 heteroatoms. The van der Waals surface area contributed by atoms with Gasteiger partial charge in [0, 0.05) is 44.5 Å². The molecule has 0 unspecified atom stereocenters. The Bertz CT molecular complexity index is 1010. The number of imidazole rings is 1. The van der Waals surface area contributed by atoms with Crippen LogP contribution in [0, 0.1) is 6.92 Å². The van der Waals surface area contributed by atoms with Crippen molar-refractivity contribution in [3.63, 3.8) is 0 Å². The summed E-state index contributed by atoms with van der Waals surface area (Å²) < 4.78 is 2.05. The summed E-state index contributed by atoms with van der Waals surface area (Å²) in [5.41, 5.74) is 2.35. The first kappa shape index (κ1) is 19.2. The monoisotopic (exact) mass is 394 g/mol. The zero-order valence-electron chi connectivity index (χ0n) is 17.1. The number of likely N-dealkylation sites (tertiary alicyclic amines) is 1. The lowest BCUT2D eigenvalue weighted by molar-refractivity contribution is -0.131. The van der Waals surface area contributed by atoms with Gasteiger partial charge in [-0.05, 0) is 26.7 Å². The van der Waals surface area contributed by atoms with E-state index in [0.717, 1.165) is 54.3 Å². The number of fused-ring (bicyclic) bond motifs is 1. The van der Waals surface area contributed by atoms with Gasteiger partial charge in [-0.1, -0.05) is 6.92 Å². The quantitative estimate of drug-likeness (QED) is 0.709. The summed E-state index contributed by atoms with van der Waals surface area (Å²) in [6, 6.07) is 0.148. The van der Waals surface area contributed by atoms with Crippen molar-refractivity contribution in [2.24, 2.45) is 0 Å². The van der Waals surface area contributed by atoms with E-state index < -0.39 is 0 Å². The van der Waals surface area contributed by atoms with E-state index in [-0.39, 0.29) is 11.9 Å². The van der Waals surface area contributed by atoms with Crippen LogP contribution in [0.1, 0.15) is 38.9 Å². The third kappa shape index (κ3) is 3.76. The molecule has 4 heterocycles. The summed E-state index contributed by atoms with van der Waals surface area (Å²) in [7, 11) is 0. The highest BCUT2D eigenvalue weighted by Gasteiger charge is 2.24. The van der Waals surface area contributed by atoms with Gasteiger partial charge in [0.1, 0.15) is 18.0 Å². The van der Waals surface area contributed by atoms with E-state index >= 15 is 0 Å². The van der Waals surface area contributed by atoms with E-state index in [1.54, 1.807) is 18.7 Å². The predicted octanol–water partition coefficient (Wildman–Crippen LogP) is 2.42. The van der Waals surface area contributed by atoms with Gasteiger partial charge in [-0.15, -0.1) is 0 Å². The number of piperidine rings is 1. The number of carbonyl (C=O) groups excluding carboxylic acids is 1. The number of amides is 1. The third-order valence-electron chi connectivity index (χ3n) is 5.30. The third-order valence-corrected chi connectivity index (χ3v) is 5.30. The molecule has 29 heavy (non-hydrogen) atoms. The first-order valence-electron chi connectivity index (χ1n) is 10.1. The van der Waals surface area contributed by atoms with Gasteiger partial charge >= 0.3 is 0 Å². The fraction of sp³-hybridized carbons (Fsp3) is 0.500. The molecule has 1 amide bonds. The van der Waals surface area contributed by atoms with Gasteiger partial charge in [-0.3, -0.25) is 4.79 Å². The summed E-state index contributed by atoms with van der Waals surface area (Å²) in [4.78, 5) is 36.4. The second kappa shape index (κ2) is 8.10. The maximum atomic E-state index is 12.1. The molecule has 3 aromatic rings. The Morgan fingerprint density at radius 2 is 2.00 bits per heavy atom. The summed E-state index contributed by atoms with van der Waals surface area (Å²) >= 11 is 0. The van der Waals surface area contributed by atoms with Gasteiger partial charge < -0.3 is 14.8 Å². The number of nitrogens with zero attached hydrogens (tertiary/aromatic N) is 7. The lowest BCUT2D eigenvalue weighted by atomic mass is 10.1. The first-order chi connectivity index (χ1) is 14.1. The van der Waals surface area contributed by atoms with Crippen molar-refractivity contribution in [1.29, 1.82) is 0 Å². The van der Waals surface area contributed by atoms with Crippen LogP contribution in [0.25, 0.3) is 22.6 Å². The number of anilines is 1. The molecule has 1 atom stereocenters. The van der Waals surface area contributed by atoms with E-state index in [1.807, 2.05) is 23.3 Å². The molecule has 1 fully saturated rings. The SMILES string of the molecule is CCC(=O)N1CCC[C@H](Nc2ncnc3c2nc(-c2cnc(C)nc2)n3CC)C1. The van der Waals surface area contributed by atoms with Gasteiger partial charge in [-0.2, -0.15) is 0 Å². The fourth-order valence-electron chi connectivity index (χ4n) is 3.81. The van der Waals surface area contributed by atoms with Crippen LogP contribution >= 0.6 is 0 Å². The molecule has 0 radical (unpaired) electrons. The highest BCUT2D eigenvalue weighted by Crippen LogP contribution is 2.27. The molecule has 9 nitrogen and oxygen atoms in total. The zero-order valence-corrected chi connectivity index (χ0v) is 17.1. The second-order valence-corrected chi connectivity index (χ2v) is 7.27. The summed E-state index contributed by atoms with van der Waals surface area (Å²) in [5.74, 6) is 2.39. The Hall–Kier alpha value is -3.10. The lowest BCUT2D eigenvalue weighted by Gasteiger charge is -2.33. The normalized spacial score (nSPS) is 16.9. The maximum Gasteiger partial charge on any atom is 0.222 e. The average molecular weight is 394 g/mol. The zero-order chi connectivity index (χ0) is 20.4. The number of hydrogen-bond donors (Lipinski definition) is 1. The average Bonchev–Trinajstić information content (AvgIpc) is 3.13. The van der Waals surface area contributed by atoms with Crippen LogP contribution in [0.2, 0.25) is 0 Å². The molecule has 4 rings (SSSR count). The predicted molar refractivity (Wildman–Crippen MR) is 110 cm³/mol. The van der Waals surface area contributed by atoms with Crippen molar-refractivity contribution in [2.75, 3.05) is 18.4 Å². The van der Waals surface area contributed by atoms with Crippen molar-refractivity contribution in [3.8, 4) is 11.4 Å². The second-order valence-electron chi connectivity index (χ2n) is 7.27. The topological polar surface area (TPSA) is 102 Å². The number of aromatic nitrogens is 6. The van der Waals surface area contributed by atoms with E-state index in [1.165, 1.54) is 0 Å². The number of aryl methyl sites for hydroxylation is 2. The van der Waals surface area contributed by atoms with Crippen molar-refractivity contribution in [2.45, 2.75) is 52.6 Å². The minimum Gasteiger partial charge on any atom is -0.364 e. The summed E-state index contributed by atoms with van der Waals surface area (Å²) in [6.45, 7) is 8.05. The molecule has 1 N–H and O–H groups in total. The number of carbonyl (C=O) groups is 1. The van der Waals surface area contributed by atoms with E-state index in [0.29, 0.717) is 18.8 Å². The van der Waals surface area contributed by atoms with E-state index in [2.05, 4.69) is 32.2 Å². The van der Waals surface area contributed by atoms with Crippen molar-refractivity contribution in [3.05, 3.63) is 24.5 Å². The maximum absolute atomic E-state index is 12.1. The molecule has 0 spiro atoms. The molecular weight excluding hydrogens is 368 g/mol. The van der Waals surface area contributed by atoms with Crippen molar-refractivity contribution in [1.82, 2.24) is 34.4 Å². The molecule has 1 aliphatic rings. The summed E-state index contributed by atoms with van der Waals surface area (Å²) in [5, 5.41) is 3.51. The van der Waals surface area contributed by atoms with Crippen LogP contribution in [-0.2, 0) is 11.3 Å². The lowest BCUT2D eigenvalue weighted by Crippen LogP contribution is -2.45. The van der Waals surface area contributed by atoms with Crippen LogP contribution < -0.4 is 5.32 Å². The van der Waals surface area contributed by atoms with E-state index in [4.69, 9.17) is 4.98 Å². The Balaban J connectivity index is 1.67. The molecule has 0 saturated carbocycles. The smallest absolute Gasteiger partial charge is 0.222 e. The highest BCUT2D eigenvalue weighted by molar-refractivity contribution is 5.86. The Labute approximate surface area is 169 Å². The number of hydrogen-bond acceptors (Lipinski definition) is 7. The molecule has 152 valence electrons. The molecule has 1 saturated heterocycles. The van der Waals surface area contributed by atoms with Gasteiger partial charge in [0.25, 0.3) is 0 Å². The van der Waals surface area contributed by atoms with Gasteiger partial charge in [0.2, 0.25) is 5.91 Å². The van der Waals surface area contributed by atoms with Crippen molar-refractivity contribution < 1.29 is 4.79 Å². The van der Waals surface area contributed by atoms with Crippen LogP contribution in [0.3, 0.4) is 0 Å². The van der Waals surface area contributed by atoms with Gasteiger partial charge in [0.05, 0.1) is 5.56 Å². The van der Waals surface area contributed by atoms with Crippen molar-refractivity contribution >= 4 is 22.9 Å². The minimum absolute atomic E-state index is 0.148. The molecule has 3 aromatic heterocycles. The Morgan fingerprint density at radius 1 is 1.21 bits per heavy atom. The number of nitrogens with one attached hydrogen (secondary N) is 1. The highest BCUT2D eigenvalue weighted by atomic mass is 16.2. The largest absolute Gasteiger partial charge is 0.364 e. The van der Waals surface area contributed by atoms with Crippen LogP contribution in [0.5, 0.6) is 0 Å². The first-order valence-corrected chi connectivity index (χ1v) is 10.1. The molecular formula is C20H26N8O. The van der Waals surface area contributed by atoms with E-state index in [9.17, 15) is 4.79 Å². The Morgan fingerprint density at radius 3 is 2.72 bits per heavy atom. The molecule has 0 bridgehead atoms. The van der Waals surface area contributed by atoms with Crippen LogP contribution in [-0.4, -0.2) is 59.4 Å². The molecule has 1 aliphatic heterocycles. The summed E-state index contributed by atoms with van der Waals surface area (Å²) in [6.07, 6.45) is 7.63. The van der Waals surface area contributed by atoms with Crippen LogP contribution in [0.4, 0.5) is 5.82 Å². The number of rotatable bonds is 5. The standard InChI is InChI=1S/C20H26N8O/c1-4-16(29)27-8-6-7-15(11-27)25-18-17-20(24-12-23-18)28(5-2)19(26-17)14-9-21-13(3)22-10-14/h9-10,12,15H,4-8,11H2,1-3H3,(H,23,24,25)/t15-/m0/s1. The fourth-order valence-corrected chi connectivity index (χ4v) is 3.81. The molecule has 0 aliphatic carbocycles. The van der Waals surface area contributed by atoms with Gasteiger partial charge in [-0.25, -0.2) is 24.9 Å². The Kier molecular flexibility index (Phi) is 5.37. The minimum atomic E-state index is 0.148. The van der Waals surface area contributed by atoms with Gasteiger partial charge in [0.15, 0.2) is 17.0 Å².